The lowest BCUT2D eigenvalue weighted by Gasteiger charge is -2.35. The molecule has 0 amide bonds. The Hall–Kier alpha value is -1.82. The molecule has 0 saturated carbocycles. The molecule has 0 spiro atoms. The van der Waals surface area contributed by atoms with E-state index in [-0.39, 0.29) is 25.4 Å². The predicted molar refractivity (Wildman–Crippen MR) is 88.9 cm³/mol. The van der Waals surface area contributed by atoms with Crippen LogP contribution in [-0.4, -0.2) is 74.2 Å². The molecule has 1 aromatic heterocycles. The third-order valence-electron chi connectivity index (χ3n) is 3.74. The minimum atomic E-state index is -4.26. The second kappa shape index (κ2) is 8.71. The number of hydrogen-bond acceptors (Lipinski definition) is 5. The van der Waals surface area contributed by atoms with E-state index in [9.17, 15) is 21.6 Å². The van der Waals surface area contributed by atoms with Crippen LogP contribution in [-0.2, 0) is 15.8 Å². The number of piperazine rings is 1. The van der Waals surface area contributed by atoms with Gasteiger partial charge in [0, 0.05) is 38.8 Å². The average Bonchev–Trinajstić information content (AvgIpc) is 3.05. The Morgan fingerprint density at radius 2 is 2.04 bits per heavy atom. The smallest absolute Gasteiger partial charge is 0.364 e. The van der Waals surface area contributed by atoms with E-state index < -0.39 is 22.6 Å². The fourth-order valence-electron chi connectivity index (χ4n) is 2.48. The van der Waals surface area contributed by atoms with Gasteiger partial charge in [-0.05, 0) is 6.92 Å². The maximum Gasteiger partial charge on any atom is 0.390 e. The van der Waals surface area contributed by atoms with Gasteiger partial charge in [-0.1, -0.05) is 5.16 Å². The van der Waals surface area contributed by atoms with Gasteiger partial charge in [-0.3, -0.25) is 4.99 Å². The van der Waals surface area contributed by atoms with E-state index in [0.717, 1.165) is 0 Å². The van der Waals surface area contributed by atoms with Crippen molar-refractivity contribution >= 4 is 16.0 Å². The molecule has 0 radical (unpaired) electrons. The molecule has 26 heavy (non-hydrogen) atoms. The number of hydrogen-bond donors (Lipinski definition) is 1. The van der Waals surface area contributed by atoms with Gasteiger partial charge in [0.1, 0.15) is 12.0 Å². The quantitative estimate of drug-likeness (QED) is 0.570. The second-order valence-corrected chi connectivity index (χ2v) is 7.70. The van der Waals surface area contributed by atoms with Crippen LogP contribution >= 0.6 is 0 Å². The molecule has 0 aromatic carbocycles. The Morgan fingerprint density at radius 1 is 1.35 bits per heavy atom. The molecule has 0 aliphatic carbocycles. The van der Waals surface area contributed by atoms with Crippen molar-refractivity contribution in [2.45, 2.75) is 25.3 Å². The minimum Gasteiger partial charge on any atom is -0.364 e. The summed E-state index contributed by atoms with van der Waals surface area (Å²) in [5.74, 6) is 0.119. The van der Waals surface area contributed by atoms with Gasteiger partial charge >= 0.3 is 6.18 Å². The molecule has 12 heteroatoms. The second-order valence-electron chi connectivity index (χ2n) is 5.73. The largest absolute Gasteiger partial charge is 0.390 e. The van der Waals surface area contributed by atoms with Crippen molar-refractivity contribution in [2.75, 3.05) is 39.3 Å². The molecule has 1 fully saturated rings. The van der Waals surface area contributed by atoms with Crippen LogP contribution in [0.5, 0.6) is 0 Å². The van der Waals surface area contributed by atoms with Gasteiger partial charge in [-0.25, -0.2) is 8.42 Å². The van der Waals surface area contributed by atoms with E-state index in [1.807, 2.05) is 6.92 Å². The third-order valence-corrected chi connectivity index (χ3v) is 5.56. The third kappa shape index (κ3) is 6.16. The number of aromatic nitrogens is 1. The lowest BCUT2D eigenvalue weighted by molar-refractivity contribution is -0.132. The molecule has 1 aliphatic heterocycles. The standard InChI is InChI=1S/C14H22F3N5O3S/c1-2-18-13(19-5-4-14(15,16)17)21-6-8-22(9-7-21)26(23,24)11-12-3-10-25-20-12/h3,10H,2,4-9,11H2,1H3,(H,18,19). The first-order chi connectivity index (χ1) is 12.2. The molecular formula is C14H22F3N5O3S. The fourth-order valence-corrected chi connectivity index (χ4v) is 3.91. The lowest BCUT2D eigenvalue weighted by atomic mass is 10.4. The number of alkyl halides is 3. The van der Waals surface area contributed by atoms with Crippen molar-refractivity contribution in [3.63, 3.8) is 0 Å². The average molecular weight is 397 g/mol. The van der Waals surface area contributed by atoms with Crippen molar-refractivity contribution in [3.05, 3.63) is 18.0 Å². The number of nitrogens with zero attached hydrogens (tertiary/aromatic N) is 4. The van der Waals surface area contributed by atoms with Gasteiger partial charge in [0.2, 0.25) is 10.0 Å². The molecule has 1 saturated heterocycles. The molecule has 0 atom stereocenters. The number of guanidine groups is 1. The molecule has 2 rings (SSSR count). The number of nitrogens with one attached hydrogen (secondary N) is 1. The van der Waals surface area contributed by atoms with E-state index in [1.165, 1.54) is 16.6 Å². The first-order valence-corrected chi connectivity index (χ1v) is 9.79. The zero-order valence-electron chi connectivity index (χ0n) is 14.4. The molecule has 148 valence electrons. The van der Waals surface area contributed by atoms with Gasteiger partial charge in [0.05, 0.1) is 18.7 Å². The van der Waals surface area contributed by atoms with E-state index >= 15 is 0 Å². The Labute approximate surface area is 150 Å². The van der Waals surface area contributed by atoms with E-state index in [1.54, 1.807) is 4.90 Å². The van der Waals surface area contributed by atoms with E-state index in [0.29, 0.717) is 31.3 Å². The van der Waals surface area contributed by atoms with Gasteiger partial charge in [0.15, 0.2) is 5.96 Å². The molecule has 1 aromatic rings. The lowest BCUT2D eigenvalue weighted by Crippen LogP contribution is -2.54. The van der Waals surface area contributed by atoms with Crippen molar-refractivity contribution in [3.8, 4) is 0 Å². The first-order valence-electron chi connectivity index (χ1n) is 8.18. The van der Waals surface area contributed by atoms with Crippen LogP contribution in [0.3, 0.4) is 0 Å². The summed E-state index contributed by atoms with van der Waals surface area (Å²) in [6.45, 7) is 3.10. The maximum atomic E-state index is 12.4. The summed E-state index contributed by atoms with van der Waals surface area (Å²) in [6.07, 6.45) is -3.94. The Bertz CT molecular complexity index is 683. The highest BCUT2D eigenvalue weighted by Crippen LogP contribution is 2.19. The summed E-state index contributed by atoms with van der Waals surface area (Å²) >= 11 is 0. The van der Waals surface area contributed by atoms with E-state index in [2.05, 4.69) is 20.0 Å². The Balaban J connectivity index is 1.93. The van der Waals surface area contributed by atoms with Crippen molar-refractivity contribution in [2.24, 2.45) is 4.99 Å². The Kier molecular flexibility index (Phi) is 6.87. The monoisotopic (exact) mass is 397 g/mol. The number of sulfonamides is 1. The summed E-state index contributed by atoms with van der Waals surface area (Å²) in [4.78, 5) is 5.76. The zero-order valence-corrected chi connectivity index (χ0v) is 15.2. The summed E-state index contributed by atoms with van der Waals surface area (Å²) < 4.78 is 67.6. The molecule has 2 heterocycles. The SMILES string of the molecule is CCNC(=NCCC(F)(F)F)N1CCN(S(=O)(=O)Cc2ccon2)CC1. The van der Waals surface area contributed by atoms with Crippen LogP contribution in [0.25, 0.3) is 0 Å². The molecule has 1 aliphatic rings. The van der Waals surface area contributed by atoms with Crippen LogP contribution in [0.15, 0.2) is 21.8 Å². The molecule has 0 bridgehead atoms. The zero-order chi connectivity index (χ0) is 19.2. The van der Waals surface area contributed by atoms with Crippen LogP contribution < -0.4 is 5.32 Å². The van der Waals surface area contributed by atoms with Crippen LogP contribution in [0.1, 0.15) is 19.0 Å². The number of halogens is 3. The highest BCUT2D eigenvalue weighted by molar-refractivity contribution is 7.88. The molecular weight excluding hydrogens is 375 g/mol. The van der Waals surface area contributed by atoms with Crippen LogP contribution in [0.2, 0.25) is 0 Å². The highest BCUT2D eigenvalue weighted by atomic mass is 32.2. The summed E-state index contributed by atoms with van der Waals surface area (Å²) in [5, 5.41) is 6.55. The molecule has 0 unspecified atom stereocenters. The first kappa shape index (κ1) is 20.5. The van der Waals surface area contributed by atoms with E-state index in [4.69, 9.17) is 0 Å². The normalized spacial score (nSPS) is 17.5. The maximum absolute atomic E-state index is 12.4. The predicted octanol–water partition coefficient (Wildman–Crippen LogP) is 1.04. The number of aliphatic imine (C=N–C) groups is 1. The molecule has 1 N–H and O–H groups in total. The van der Waals surface area contributed by atoms with Gasteiger partial charge in [-0.15, -0.1) is 0 Å². The Morgan fingerprint density at radius 3 is 2.58 bits per heavy atom. The van der Waals surface area contributed by atoms with Crippen molar-refractivity contribution in [1.29, 1.82) is 0 Å². The van der Waals surface area contributed by atoms with Crippen LogP contribution in [0.4, 0.5) is 13.2 Å². The molecule has 8 nitrogen and oxygen atoms in total. The number of rotatable bonds is 6. The van der Waals surface area contributed by atoms with Crippen molar-refractivity contribution < 1.29 is 26.1 Å². The summed E-state index contributed by atoms with van der Waals surface area (Å²) in [7, 11) is -3.53. The fraction of sp³-hybridized carbons (Fsp3) is 0.714. The summed E-state index contributed by atoms with van der Waals surface area (Å²) in [5.41, 5.74) is 0.328. The van der Waals surface area contributed by atoms with Gasteiger partial charge in [0.25, 0.3) is 0 Å². The topological polar surface area (TPSA) is 91.0 Å². The van der Waals surface area contributed by atoms with Gasteiger partial charge < -0.3 is 14.7 Å². The van der Waals surface area contributed by atoms with Gasteiger partial charge in [-0.2, -0.15) is 17.5 Å². The summed E-state index contributed by atoms with van der Waals surface area (Å²) in [6, 6.07) is 1.49. The highest BCUT2D eigenvalue weighted by Gasteiger charge is 2.30. The minimum absolute atomic E-state index is 0.226. The van der Waals surface area contributed by atoms with Crippen LogP contribution in [0, 0.1) is 0 Å². The van der Waals surface area contributed by atoms with Crippen molar-refractivity contribution in [1.82, 2.24) is 19.7 Å².